The summed E-state index contributed by atoms with van der Waals surface area (Å²) >= 11 is 0. The lowest BCUT2D eigenvalue weighted by molar-refractivity contribution is -0.946. The average molecular weight is 475 g/mol. The van der Waals surface area contributed by atoms with Gasteiger partial charge in [0.15, 0.2) is 6.10 Å². The van der Waals surface area contributed by atoms with E-state index in [1.54, 1.807) is 0 Å². The van der Waals surface area contributed by atoms with Gasteiger partial charge in [0, 0.05) is 31.6 Å². The van der Waals surface area contributed by atoms with Gasteiger partial charge in [-0.3, -0.25) is 4.79 Å². The Morgan fingerprint density at radius 3 is 2.54 bits per heavy atom. The molecule has 0 aromatic heterocycles. The van der Waals surface area contributed by atoms with E-state index in [0.29, 0.717) is 5.92 Å². The van der Waals surface area contributed by atoms with Gasteiger partial charge in [-0.05, 0) is 35.6 Å². The number of carbonyl (C=O) groups is 1. The minimum Gasteiger partial charge on any atom is -0.493 e. The summed E-state index contributed by atoms with van der Waals surface area (Å²) in [6.45, 7) is 5.42. The van der Waals surface area contributed by atoms with Gasteiger partial charge in [-0.15, -0.1) is 0 Å². The molecule has 4 aliphatic heterocycles. The minimum atomic E-state index is -0.457. The molecule has 7 rings (SSSR count). The molecule has 3 saturated heterocycles. The van der Waals surface area contributed by atoms with E-state index in [0.717, 1.165) is 74.0 Å². The molecule has 35 heavy (non-hydrogen) atoms. The van der Waals surface area contributed by atoms with Crippen molar-refractivity contribution in [3.63, 3.8) is 0 Å². The van der Waals surface area contributed by atoms with E-state index in [2.05, 4.69) is 48.5 Å². The first-order valence-corrected chi connectivity index (χ1v) is 14.0. The Bertz CT molecular complexity index is 1030. The van der Waals surface area contributed by atoms with Crippen LogP contribution in [-0.4, -0.2) is 49.3 Å². The highest BCUT2D eigenvalue weighted by Gasteiger charge is 2.50. The first-order valence-electron chi connectivity index (χ1n) is 14.0. The van der Waals surface area contributed by atoms with Crippen LogP contribution in [0.25, 0.3) is 0 Å². The molecule has 1 aliphatic carbocycles. The third-order valence-corrected chi connectivity index (χ3v) is 9.60. The molecule has 4 nitrogen and oxygen atoms in total. The summed E-state index contributed by atoms with van der Waals surface area (Å²) < 4.78 is 13.3. The van der Waals surface area contributed by atoms with Gasteiger partial charge in [0.05, 0.1) is 31.7 Å². The van der Waals surface area contributed by atoms with E-state index in [9.17, 15) is 4.79 Å². The molecule has 2 bridgehead atoms. The van der Waals surface area contributed by atoms with Gasteiger partial charge in [0.1, 0.15) is 12.3 Å². The van der Waals surface area contributed by atoms with Crippen LogP contribution in [0.5, 0.6) is 5.75 Å². The zero-order valence-corrected chi connectivity index (χ0v) is 21.1. The first-order chi connectivity index (χ1) is 17.2. The highest BCUT2D eigenvalue weighted by atomic mass is 16.5. The van der Waals surface area contributed by atoms with Crippen molar-refractivity contribution < 1.29 is 18.8 Å². The fraction of sp³-hybridized carbons (Fsp3) is 0.581. The van der Waals surface area contributed by atoms with Gasteiger partial charge in [0.25, 0.3) is 0 Å². The number of fused-ring (bicyclic) bond motifs is 4. The van der Waals surface area contributed by atoms with Crippen LogP contribution in [0.2, 0.25) is 0 Å². The van der Waals surface area contributed by atoms with Crippen LogP contribution in [0.15, 0.2) is 48.5 Å². The Morgan fingerprint density at radius 2 is 1.77 bits per heavy atom. The summed E-state index contributed by atoms with van der Waals surface area (Å²) in [5, 5.41) is 0. The minimum absolute atomic E-state index is 0.0566. The molecule has 1 atom stereocenters. The van der Waals surface area contributed by atoms with Gasteiger partial charge in [-0.1, -0.05) is 68.1 Å². The number of nitrogens with zero attached hydrogens (tertiary/aromatic N) is 1. The first kappa shape index (κ1) is 23.1. The van der Waals surface area contributed by atoms with Crippen molar-refractivity contribution in [2.45, 2.75) is 75.7 Å². The molecule has 0 spiro atoms. The molecule has 5 aliphatic rings. The molecule has 0 N–H and O–H groups in total. The molecule has 0 radical (unpaired) electrons. The monoisotopic (exact) mass is 474 g/mol. The van der Waals surface area contributed by atoms with Crippen molar-refractivity contribution in [3.8, 4) is 5.75 Å². The Labute approximate surface area is 210 Å². The van der Waals surface area contributed by atoms with E-state index in [4.69, 9.17) is 9.47 Å². The number of hydrogen-bond acceptors (Lipinski definition) is 3. The van der Waals surface area contributed by atoms with E-state index in [1.807, 2.05) is 0 Å². The van der Waals surface area contributed by atoms with Gasteiger partial charge in [0.2, 0.25) is 0 Å². The summed E-state index contributed by atoms with van der Waals surface area (Å²) in [6, 6.07) is 17.3. The number of hydrogen-bond donors (Lipinski definition) is 0. The summed E-state index contributed by atoms with van der Waals surface area (Å²) in [4.78, 5) is 14.0. The molecule has 4 heterocycles. The highest BCUT2D eigenvalue weighted by molar-refractivity contribution is 5.83. The molecule has 1 saturated carbocycles. The number of esters is 1. The lowest BCUT2D eigenvalue weighted by Crippen LogP contribution is -2.65. The summed E-state index contributed by atoms with van der Waals surface area (Å²) in [5.41, 5.74) is 3.49. The van der Waals surface area contributed by atoms with Crippen molar-refractivity contribution in [2.24, 2.45) is 5.92 Å². The Morgan fingerprint density at radius 1 is 1.00 bits per heavy atom. The summed E-state index contributed by atoms with van der Waals surface area (Å²) in [7, 11) is 0. The fourth-order valence-corrected chi connectivity index (χ4v) is 7.38. The van der Waals surface area contributed by atoms with Crippen molar-refractivity contribution >= 4 is 5.97 Å². The van der Waals surface area contributed by atoms with E-state index in [-0.39, 0.29) is 12.1 Å². The van der Waals surface area contributed by atoms with Crippen LogP contribution in [0, 0.1) is 5.92 Å². The van der Waals surface area contributed by atoms with Crippen molar-refractivity contribution in [1.82, 2.24) is 0 Å². The molecule has 2 aromatic rings. The molecule has 4 fully saturated rings. The number of rotatable bonds is 6. The number of quaternary nitrogens is 1. The Kier molecular flexibility index (Phi) is 6.34. The normalized spacial score (nSPS) is 29.1. The predicted molar refractivity (Wildman–Crippen MR) is 137 cm³/mol. The maximum absolute atomic E-state index is 14.0. The van der Waals surface area contributed by atoms with Crippen LogP contribution < -0.4 is 4.74 Å². The molecule has 0 unspecified atom stereocenters. The zero-order chi connectivity index (χ0) is 23.7. The number of ether oxygens (including phenoxy) is 2. The third kappa shape index (κ3) is 4.50. The number of piperidine rings is 3. The second kappa shape index (κ2) is 9.61. The van der Waals surface area contributed by atoms with Crippen LogP contribution in [-0.2, 0) is 27.8 Å². The van der Waals surface area contributed by atoms with E-state index < -0.39 is 5.41 Å². The molecule has 4 heteroatoms. The van der Waals surface area contributed by atoms with Crippen LogP contribution in [0.4, 0.5) is 0 Å². The van der Waals surface area contributed by atoms with E-state index >= 15 is 0 Å². The van der Waals surface area contributed by atoms with Crippen LogP contribution in [0.3, 0.4) is 0 Å². The maximum Gasteiger partial charge on any atom is 0.317 e. The SMILES string of the molecule is O=C(O[C@H]1C[N+]2(CCc3ccc4c(c3)CCO4)CCC1CC2)C1(c2ccccc2)CCCCCC1. The zero-order valence-electron chi connectivity index (χ0n) is 21.1. The second-order valence-corrected chi connectivity index (χ2v) is 11.6. The smallest absolute Gasteiger partial charge is 0.317 e. The third-order valence-electron chi connectivity index (χ3n) is 9.60. The molecule has 186 valence electrons. The van der Waals surface area contributed by atoms with Crippen molar-refractivity contribution in [1.29, 1.82) is 0 Å². The number of benzene rings is 2. The van der Waals surface area contributed by atoms with E-state index in [1.165, 1.54) is 49.9 Å². The fourth-order valence-electron chi connectivity index (χ4n) is 7.38. The topological polar surface area (TPSA) is 35.5 Å². The average Bonchev–Trinajstić information content (AvgIpc) is 3.23. The number of carbonyl (C=O) groups excluding carboxylic acids is 1. The molecular formula is C31H40NO3+. The molecular weight excluding hydrogens is 434 g/mol. The molecule has 2 aromatic carbocycles. The van der Waals surface area contributed by atoms with Gasteiger partial charge in [-0.25, -0.2) is 0 Å². The van der Waals surface area contributed by atoms with Gasteiger partial charge < -0.3 is 14.0 Å². The van der Waals surface area contributed by atoms with Crippen molar-refractivity contribution in [2.75, 3.05) is 32.8 Å². The Balaban J connectivity index is 1.16. The lowest BCUT2D eigenvalue weighted by Gasteiger charge is -2.52. The predicted octanol–water partition coefficient (Wildman–Crippen LogP) is 5.61. The summed E-state index contributed by atoms with van der Waals surface area (Å²) in [6.07, 6.45) is 11.1. The summed E-state index contributed by atoms with van der Waals surface area (Å²) in [5.74, 6) is 1.66. The molecule has 0 amide bonds. The van der Waals surface area contributed by atoms with Gasteiger partial charge in [-0.2, -0.15) is 0 Å². The highest BCUT2D eigenvalue weighted by Crippen LogP contribution is 2.42. The van der Waals surface area contributed by atoms with Crippen LogP contribution >= 0.6 is 0 Å². The maximum atomic E-state index is 14.0. The quantitative estimate of drug-likeness (QED) is 0.310. The standard InChI is InChI=1S/C31H40NO3/c33-30(31(16-6-1-2-7-17-31)27-8-4-3-5-9-27)35-29-23-32(19-13-25(29)14-20-32)18-12-24-10-11-28-26(22-24)15-21-34-28/h3-5,8-11,22,25,29H,1-2,6-7,12-21,23H2/q+1/t25?,29-,32?/m0/s1. The van der Waals surface area contributed by atoms with Gasteiger partial charge >= 0.3 is 5.97 Å². The Hall–Kier alpha value is -2.33. The lowest BCUT2D eigenvalue weighted by atomic mass is 9.74. The largest absolute Gasteiger partial charge is 0.493 e. The van der Waals surface area contributed by atoms with Crippen molar-refractivity contribution in [3.05, 3.63) is 65.2 Å². The van der Waals surface area contributed by atoms with Crippen LogP contribution in [0.1, 0.15) is 68.1 Å². The second-order valence-electron chi connectivity index (χ2n) is 11.6.